The fourth-order valence-electron chi connectivity index (χ4n) is 2.81. The number of hydrogen-bond acceptors (Lipinski definition) is 6. The number of halogens is 1. The maximum Gasteiger partial charge on any atom is 0.323 e. The van der Waals surface area contributed by atoms with Crippen LogP contribution in [0.4, 0.5) is 20.0 Å². The van der Waals surface area contributed by atoms with Gasteiger partial charge >= 0.3 is 6.03 Å². The molecule has 27 heavy (non-hydrogen) atoms. The summed E-state index contributed by atoms with van der Waals surface area (Å²) in [5, 5.41) is 14.5. The Morgan fingerprint density at radius 3 is 2.56 bits per heavy atom. The van der Waals surface area contributed by atoms with Crippen LogP contribution in [0.1, 0.15) is 11.9 Å². The van der Waals surface area contributed by atoms with Crippen LogP contribution in [0.2, 0.25) is 0 Å². The summed E-state index contributed by atoms with van der Waals surface area (Å²) in [6.45, 7) is 5.76. The Morgan fingerprint density at radius 2 is 1.93 bits per heavy atom. The minimum absolute atomic E-state index is 0.206. The first-order valence-electron chi connectivity index (χ1n) is 8.59. The Balaban J connectivity index is 1.49. The molecule has 1 atom stereocenters. The molecule has 2 heterocycles. The first-order chi connectivity index (χ1) is 12.9. The lowest BCUT2D eigenvalue weighted by Gasteiger charge is -2.37. The molecule has 2 N–H and O–H groups in total. The molecule has 8 nitrogen and oxygen atoms in total. The first kappa shape index (κ1) is 19.2. The number of urea groups is 1. The monoisotopic (exact) mass is 392 g/mol. The van der Waals surface area contributed by atoms with Gasteiger partial charge in [-0.1, -0.05) is 17.4 Å². The van der Waals surface area contributed by atoms with E-state index in [1.165, 1.54) is 23.5 Å². The van der Waals surface area contributed by atoms with Gasteiger partial charge in [0.05, 0.1) is 6.04 Å². The lowest BCUT2D eigenvalue weighted by Crippen LogP contribution is -2.54. The SMILES string of the molecule is Cc1nnc(NC(=O)N2CCN(C(C)C(=O)Nc3cccc(F)c3)CC2)s1. The highest BCUT2D eigenvalue weighted by Crippen LogP contribution is 2.16. The molecule has 1 aliphatic heterocycles. The van der Waals surface area contributed by atoms with Crippen LogP contribution in [0.25, 0.3) is 0 Å². The van der Waals surface area contributed by atoms with Gasteiger partial charge in [0, 0.05) is 31.9 Å². The van der Waals surface area contributed by atoms with Gasteiger partial charge in [-0.25, -0.2) is 9.18 Å². The molecule has 1 saturated heterocycles. The molecule has 144 valence electrons. The highest BCUT2D eigenvalue weighted by molar-refractivity contribution is 7.15. The molecule has 0 saturated carbocycles. The Morgan fingerprint density at radius 1 is 1.19 bits per heavy atom. The summed E-state index contributed by atoms with van der Waals surface area (Å²) in [5.74, 6) is -0.603. The van der Waals surface area contributed by atoms with Crippen molar-refractivity contribution in [2.45, 2.75) is 19.9 Å². The Kier molecular flexibility index (Phi) is 5.97. The molecule has 0 radical (unpaired) electrons. The number of carbonyl (C=O) groups excluding carboxylic acids is 2. The van der Waals surface area contributed by atoms with Gasteiger partial charge in [0.2, 0.25) is 11.0 Å². The summed E-state index contributed by atoms with van der Waals surface area (Å²) < 4.78 is 13.2. The fraction of sp³-hybridized carbons (Fsp3) is 0.412. The number of aromatic nitrogens is 2. The third-order valence-electron chi connectivity index (χ3n) is 4.36. The third kappa shape index (κ3) is 4.98. The average Bonchev–Trinajstić information content (AvgIpc) is 3.06. The summed E-state index contributed by atoms with van der Waals surface area (Å²) in [7, 11) is 0. The number of piperazine rings is 1. The molecule has 1 fully saturated rings. The summed E-state index contributed by atoms with van der Waals surface area (Å²) in [4.78, 5) is 28.4. The molecule has 2 aromatic rings. The summed E-state index contributed by atoms with van der Waals surface area (Å²) in [6.07, 6.45) is 0. The largest absolute Gasteiger partial charge is 0.325 e. The minimum atomic E-state index is -0.397. The zero-order chi connectivity index (χ0) is 19.4. The van der Waals surface area contributed by atoms with Crippen LogP contribution in [0.3, 0.4) is 0 Å². The number of nitrogens with one attached hydrogen (secondary N) is 2. The molecule has 1 aliphatic rings. The predicted molar refractivity (Wildman–Crippen MR) is 101 cm³/mol. The number of benzene rings is 1. The van der Waals surface area contributed by atoms with Crippen LogP contribution >= 0.6 is 11.3 Å². The second-order valence-corrected chi connectivity index (χ2v) is 7.44. The quantitative estimate of drug-likeness (QED) is 0.832. The topological polar surface area (TPSA) is 90.5 Å². The number of rotatable bonds is 4. The number of nitrogens with zero attached hydrogens (tertiary/aromatic N) is 4. The highest BCUT2D eigenvalue weighted by Gasteiger charge is 2.28. The van der Waals surface area contributed by atoms with E-state index in [1.807, 2.05) is 11.8 Å². The lowest BCUT2D eigenvalue weighted by molar-refractivity contribution is -0.121. The first-order valence-corrected chi connectivity index (χ1v) is 9.40. The third-order valence-corrected chi connectivity index (χ3v) is 5.11. The second kappa shape index (κ2) is 8.40. The molecule has 10 heteroatoms. The molecule has 0 aliphatic carbocycles. The fourth-order valence-corrected chi connectivity index (χ4v) is 3.39. The summed E-state index contributed by atoms with van der Waals surface area (Å²) in [5.41, 5.74) is 0.428. The standard InChI is InChI=1S/C17H21FN6O2S/c1-11(15(25)19-14-5-3-4-13(18)10-14)23-6-8-24(9-7-23)17(26)20-16-22-21-12(2)27-16/h3-5,10-11H,6-9H2,1-2H3,(H,19,25)(H,20,22,26). The van der Waals surface area contributed by atoms with E-state index in [4.69, 9.17) is 0 Å². The van der Waals surface area contributed by atoms with E-state index in [2.05, 4.69) is 20.8 Å². The molecular formula is C17H21FN6O2S. The maximum atomic E-state index is 13.2. The van der Waals surface area contributed by atoms with Crippen LogP contribution in [-0.2, 0) is 4.79 Å². The molecule has 1 aromatic heterocycles. The van der Waals surface area contributed by atoms with Crippen molar-refractivity contribution < 1.29 is 14.0 Å². The minimum Gasteiger partial charge on any atom is -0.325 e. The van der Waals surface area contributed by atoms with Crippen LogP contribution in [0.15, 0.2) is 24.3 Å². The van der Waals surface area contributed by atoms with E-state index in [-0.39, 0.29) is 18.0 Å². The van der Waals surface area contributed by atoms with Gasteiger partial charge in [0.15, 0.2) is 0 Å². The van der Waals surface area contributed by atoms with Crippen molar-refractivity contribution in [1.29, 1.82) is 0 Å². The lowest BCUT2D eigenvalue weighted by atomic mass is 10.2. The second-order valence-electron chi connectivity index (χ2n) is 6.25. The average molecular weight is 392 g/mol. The van der Waals surface area contributed by atoms with Crippen molar-refractivity contribution in [1.82, 2.24) is 20.0 Å². The van der Waals surface area contributed by atoms with Crippen LogP contribution in [-0.4, -0.2) is 64.2 Å². The van der Waals surface area contributed by atoms with E-state index in [0.29, 0.717) is 37.0 Å². The van der Waals surface area contributed by atoms with Gasteiger partial charge in [0.25, 0.3) is 0 Å². The number of anilines is 2. The van der Waals surface area contributed by atoms with Crippen molar-refractivity contribution in [3.05, 3.63) is 35.1 Å². The van der Waals surface area contributed by atoms with Crippen molar-refractivity contribution >= 4 is 34.1 Å². The van der Waals surface area contributed by atoms with Crippen LogP contribution in [0, 0.1) is 12.7 Å². The van der Waals surface area contributed by atoms with E-state index in [9.17, 15) is 14.0 Å². The van der Waals surface area contributed by atoms with Gasteiger partial charge < -0.3 is 10.2 Å². The molecule has 3 rings (SSSR count). The summed E-state index contributed by atoms with van der Waals surface area (Å²) >= 11 is 1.32. The van der Waals surface area contributed by atoms with Crippen molar-refractivity contribution in [3.8, 4) is 0 Å². The number of hydrogen-bond donors (Lipinski definition) is 2. The van der Waals surface area contributed by atoms with Crippen molar-refractivity contribution in [2.75, 3.05) is 36.8 Å². The zero-order valence-corrected chi connectivity index (χ0v) is 15.9. The van der Waals surface area contributed by atoms with Gasteiger partial charge in [-0.15, -0.1) is 10.2 Å². The maximum absolute atomic E-state index is 13.2. The van der Waals surface area contributed by atoms with Crippen molar-refractivity contribution in [2.24, 2.45) is 0 Å². The smallest absolute Gasteiger partial charge is 0.323 e. The van der Waals surface area contributed by atoms with Gasteiger partial charge in [0.1, 0.15) is 10.8 Å². The molecule has 0 bridgehead atoms. The molecule has 0 spiro atoms. The van der Waals surface area contributed by atoms with Gasteiger partial charge in [-0.2, -0.15) is 0 Å². The molecule has 3 amide bonds. The summed E-state index contributed by atoms with van der Waals surface area (Å²) in [6, 6.07) is 5.19. The molecular weight excluding hydrogens is 371 g/mol. The highest BCUT2D eigenvalue weighted by atomic mass is 32.1. The zero-order valence-electron chi connectivity index (χ0n) is 15.1. The van der Waals surface area contributed by atoms with E-state index in [1.54, 1.807) is 24.0 Å². The number of aryl methyl sites for hydroxylation is 1. The van der Waals surface area contributed by atoms with Gasteiger partial charge in [-0.3, -0.25) is 15.0 Å². The van der Waals surface area contributed by atoms with Crippen molar-refractivity contribution in [3.63, 3.8) is 0 Å². The van der Waals surface area contributed by atoms with Crippen LogP contribution < -0.4 is 10.6 Å². The number of carbonyl (C=O) groups is 2. The Hall–Kier alpha value is -2.59. The Labute approximate surface area is 160 Å². The number of amides is 3. The van der Waals surface area contributed by atoms with E-state index < -0.39 is 5.82 Å². The van der Waals surface area contributed by atoms with E-state index in [0.717, 1.165) is 5.01 Å². The normalized spacial score (nSPS) is 16.0. The molecule has 1 unspecified atom stereocenters. The van der Waals surface area contributed by atoms with Crippen LogP contribution in [0.5, 0.6) is 0 Å². The Bertz CT molecular complexity index is 821. The molecule has 1 aromatic carbocycles. The predicted octanol–water partition coefficient (Wildman–Crippen LogP) is 2.16. The van der Waals surface area contributed by atoms with E-state index >= 15 is 0 Å². The van der Waals surface area contributed by atoms with Gasteiger partial charge in [-0.05, 0) is 32.0 Å².